The van der Waals surface area contributed by atoms with Gasteiger partial charge in [0.05, 0.1) is 12.8 Å². The zero-order valence-electron chi connectivity index (χ0n) is 16.6. The molecule has 0 aliphatic heterocycles. The highest BCUT2D eigenvalue weighted by molar-refractivity contribution is 5.87. The van der Waals surface area contributed by atoms with Gasteiger partial charge in [0, 0.05) is 13.0 Å². The van der Waals surface area contributed by atoms with Gasteiger partial charge in [-0.3, -0.25) is 9.59 Å². The van der Waals surface area contributed by atoms with Gasteiger partial charge in [-0.1, -0.05) is 60.7 Å². The predicted octanol–water partition coefficient (Wildman–Crippen LogP) is 3.95. The van der Waals surface area contributed by atoms with Crippen LogP contribution in [-0.2, 0) is 29.1 Å². The minimum absolute atomic E-state index is 0.0432. The zero-order valence-corrected chi connectivity index (χ0v) is 16.6. The number of nitrogens with zero attached hydrogens (tertiary/aromatic N) is 1. The van der Waals surface area contributed by atoms with Crippen LogP contribution in [0.2, 0.25) is 0 Å². The van der Waals surface area contributed by atoms with Crippen molar-refractivity contribution in [3.63, 3.8) is 0 Å². The summed E-state index contributed by atoms with van der Waals surface area (Å²) in [4.78, 5) is 27.4. The average Bonchev–Trinajstić information content (AvgIpc) is 3.29. The van der Waals surface area contributed by atoms with Gasteiger partial charge in [0.1, 0.15) is 11.8 Å². The van der Waals surface area contributed by atoms with E-state index < -0.39 is 6.04 Å². The first-order chi connectivity index (χ1) is 14.1. The second-order valence-corrected chi connectivity index (χ2v) is 6.97. The van der Waals surface area contributed by atoms with E-state index in [-0.39, 0.29) is 11.8 Å². The maximum absolute atomic E-state index is 13.0. The van der Waals surface area contributed by atoms with E-state index in [0.717, 1.165) is 11.1 Å². The molecule has 1 heterocycles. The lowest BCUT2D eigenvalue weighted by atomic mass is 10.1. The Bertz CT molecular complexity index is 892. The van der Waals surface area contributed by atoms with Gasteiger partial charge < -0.3 is 14.6 Å². The molecule has 1 atom stereocenters. The van der Waals surface area contributed by atoms with Crippen LogP contribution in [0.5, 0.6) is 0 Å². The lowest BCUT2D eigenvalue weighted by Gasteiger charge is -2.29. The second-order valence-electron chi connectivity index (χ2n) is 6.97. The Morgan fingerprint density at radius 1 is 0.931 bits per heavy atom. The molecule has 5 nitrogen and oxygen atoms in total. The Morgan fingerprint density at radius 3 is 2.21 bits per heavy atom. The summed E-state index contributed by atoms with van der Waals surface area (Å²) in [6.45, 7) is 2.46. The molecule has 0 radical (unpaired) electrons. The number of hydrogen-bond acceptors (Lipinski definition) is 3. The van der Waals surface area contributed by atoms with E-state index in [4.69, 9.17) is 4.42 Å². The Labute approximate surface area is 171 Å². The van der Waals surface area contributed by atoms with E-state index >= 15 is 0 Å². The van der Waals surface area contributed by atoms with Crippen molar-refractivity contribution in [2.75, 3.05) is 0 Å². The molecule has 5 heteroatoms. The Hall–Kier alpha value is -3.34. The van der Waals surface area contributed by atoms with Gasteiger partial charge >= 0.3 is 0 Å². The molecule has 1 aromatic heterocycles. The Kier molecular flexibility index (Phi) is 7.22. The molecule has 0 saturated carbocycles. The lowest BCUT2D eigenvalue weighted by molar-refractivity contribution is -0.140. The quantitative estimate of drug-likeness (QED) is 0.602. The fourth-order valence-corrected chi connectivity index (χ4v) is 3.14. The SMILES string of the molecule is CC(C(=O)NCc1ccco1)N(Cc1ccccc1)C(=O)CCc1ccccc1. The van der Waals surface area contributed by atoms with E-state index in [0.29, 0.717) is 31.7 Å². The van der Waals surface area contributed by atoms with Crippen LogP contribution < -0.4 is 5.32 Å². The average molecular weight is 390 g/mol. The van der Waals surface area contributed by atoms with Crippen molar-refractivity contribution in [3.05, 3.63) is 95.9 Å². The van der Waals surface area contributed by atoms with Crippen LogP contribution in [-0.4, -0.2) is 22.8 Å². The first-order valence-corrected chi connectivity index (χ1v) is 9.81. The predicted molar refractivity (Wildman–Crippen MR) is 112 cm³/mol. The summed E-state index contributed by atoms with van der Waals surface area (Å²) in [5.74, 6) is 0.430. The van der Waals surface area contributed by atoms with Gasteiger partial charge in [0.2, 0.25) is 11.8 Å². The van der Waals surface area contributed by atoms with Crippen LogP contribution in [0.25, 0.3) is 0 Å². The summed E-state index contributed by atoms with van der Waals surface area (Å²) >= 11 is 0. The van der Waals surface area contributed by atoms with Crippen LogP contribution in [0.4, 0.5) is 0 Å². The van der Waals surface area contributed by atoms with Crippen molar-refractivity contribution in [1.29, 1.82) is 0 Å². The number of amides is 2. The van der Waals surface area contributed by atoms with Crippen molar-refractivity contribution in [2.24, 2.45) is 0 Å². The normalized spacial score (nSPS) is 11.6. The molecular formula is C24H26N2O3. The highest BCUT2D eigenvalue weighted by atomic mass is 16.3. The number of carbonyl (C=O) groups is 2. The van der Waals surface area contributed by atoms with Crippen molar-refractivity contribution in [3.8, 4) is 0 Å². The number of hydrogen-bond donors (Lipinski definition) is 1. The molecule has 0 aliphatic carbocycles. The fraction of sp³-hybridized carbons (Fsp3) is 0.250. The number of rotatable bonds is 9. The van der Waals surface area contributed by atoms with Crippen LogP contribution in [0, 0.1) is 0 Å². The zero-order chi connectivity index (χ0) is 20.5. The highest BCUT2D eigenvalue weighted by Crippen LogP contribution is 2.13. The molecule has 0 spiro atoms. The standard InChI is InChI=1S/C24H26N2O3/c1-19(24(28)25-17-22-13-8-16-29-22)26(18-21-11-6-3-7-12-21)23(27)15-14-20-9-4-2-5-10-20/h2-13,16,19H,14-15,17-18H2,1H3,(H,25,28). The molecule has 0 bridgehead atoms. The number of furan rings is 1. The molecule has 3 rings (SSSR count). The van der Waals surface area contributed by atoms with E-state index in [9.17, 15) is 9.59 Å². The monoisotopic (exact) mass is 390 g/mol. The third kappa shape index (κ3) is 6.07. The van der Waals surface area contributed by atoms with Crippen molar-refractivity contribution in [1.82, 2.24) is 10.2 Å². The largest absolute Gasteiger partial charge is 0.467 e. The molecule has 1 N–H and O–H groups in total. The summed E-state index contributed by atoms with van der Waals surface area (Å²) < 4.78 is 5.26. The number of carbonyl (C=O) groups excluding carboxylic acids is 2. The molecule has 0 saturated heterocycles. The van der Waals surface area contributed by atoms with Crippen LogP contribution in [0.1, 0.15) is 30.2 Å². The minimum atomic E-state index is -0.589. The topological polar surface area (TPSA) is 62.6 Å². The molecule has 2 amide bonds. The lowest BCUT2D eigenvalue weighted by Crippen LogP contribution is -2.47. The number of benzene rings is 2. The molecule has 1 unspecified atom stereocenters. The molecule has 29 heavy (non-hydrogen) atoms. The second kappa shape index (κ2) is 10.3. The van der Waals surface area contributed by atoms with Gasteiger partial charge in [0.25, 0.3) is 0 Å². The Morgan fingerprint density at radius 2 is 1.59 bits per heavy atom. The minimum Gasteiger partial charge on any atom is -0.467 e. The molecule has 0 aliphatic rings. The van der Waals surface area contributed by atoms with Crippen LogP contribution in [0.15, 0.2) is 83.5 Å². The fourth-order valence-electron chi connectivity index (χ4n) is 3.14. The van der Waals surface area contributed by atoms with Gasteiger partial charge in [-0.15, -0.1) is 0 Å². The molecular weight excluding hydrogens is 364 g/mol. The van der Waals surface area contributed by atoms with Gasteiger partial charge in [0.15, 0.2) is 0 Å². The number of aryl methyl sites for hydroxylation is 1. The van der Waals surface area contributed by atoms with E-state index in [1.807, 2.05) is 60.7 Å². The van der Waals surface area contributed by atoms with Crippen molar-refractivity contribution in [2.45, 2.75) is 38.9 Å². The smallest absolute Gasteiger partial charge is 0.242 e. The van der Waals surface area contributed by atoms with Gasteiger partial charge in [-0.2, -0.15) is 0 Å². The van der Waals surface area contributed by atoms with Crippen molar-refractivity contribution < 1.29 is 14.0 Å². The maximum atomic E-state index is 13.0. The summed E-state index contributed by atoms with van der Waals surface area (Å²) in [6.07, 6.45) is 2.57. The number of nitrogens with one attached hydrogen (secondary N) is 1. The van der Waals surface area contributed by atoms with Gasteiger partial charge in [-0.05, 0) is 36.6 Å². The first kappa shape index (κ1) is 20.4. The van der Waals surface area contributed by atoms with Crippen LogP contribution >= 0.6 is 0 Å². The third-order valence-corrected chi connectivity index (χ3v) is 4.85. The third-order valence-electron chi connectivity index (χ3n) is 4.85. The van der Waals surface area contributed by atoms with Crippen LogP contribution in [0.3, 0.4) is 0 Å². The first-order valence-electron chi connectivity index (χ1n) is 9.81. The van der Waals surface area contributed by atoms with Crippen molar-refractivity contribution >= 4 is 11.8 Å². The van der Waals surface area contributed by atoms with Gasteiger partial charge in [-0.25, -0.2) is 0 Å². The molecule has 2 aromatic carbocycles. The van der Waals surface area contributed by atoms with E-state index in [2.05, 4.69) is 5.32 Å². The maximum Gasteiger partial charge on any atom is 0.242 e. The summed E-state index contributed by atoms with van der Waals surface area (Å²) in [5.41, 5.74) is 2.10. The summed E-state index contributed by atoms with van der Waals surface area (Å²) in [6, 6.07) is 22.6. The van der Waals surface area contributed by atoms with E-state index in [1.54, 1.807) is 30.2 Å². The molecule has 3 aromatic rings. The highest BCUT2D eigenvalue weighted by Gasteiger charge is 2.25. The summed E-state index contributed by atoms with van der Waals surface area (Å²) in [5, 5.41) is 2.85. The van der Waals surface area contributed by atoms with E-state index in [1.165, 1.54) is 0 Å². The molecule has 150 valence electrons. The summed E-state index contributed by atoms with van der Waals surface area (Å²) in [7, 11) is 0. The Balaban J connectivity index is 1.67. The molecule has 0 fully saturated rings.